The number of ether oxygens (including phenoxy) is 2. The largest absolute Gasteiger partial charge is 0.475 e. The third-order valence-electron chi connectivity index (χ3n) is 4.52. The van der Waals surface area contributed by atoms with E-state index in [1.165, 1.54) is 6.07 Å². The van der Waals surface area contributed by atoms with Crippen LogP contribution in [0.15, 0.2) is 47.7 Å². The number of aromatic nitrogens is 2. The van der Waals surface area contributed by atoms with Gasteiger partial charge < -0.3 is 25.1 Å². The van der Waals surface area contributed by atoms with Crippen LogP contribution in [0.2, 0.25) is 0 Å². The Kier molecular flexibility index (Phi) is 8.02. The summed E-state index contributed by atoms with van der Waals surface area (Å²) in [6.07, 6.45) is 4.44. The molecular formula is C22H28FN5O2. The smallest absolute Gasteiger partial charge is 0.213 e. The molecule has 0 bridgehead atoms. The average Bonchev–Trinajstić information content (AvgIpc) is 3.15. The van der Waals surface area contributed by atoms with Gasteiger partial charge in [-0.1, -0.05) is 6.07 Å². The van der Waals surface area contributed by atoms with Crippen LogP contribution in [0.5, 0.6) is 5.88 Å². The van der Waals surface area contributed by atoms with Crippen LogP contribution in [-0.4, -0.2) is 49.3 Å². The predicted molar refractivity (Wildman–Crippen MR) is 116 cm³/mol. The van der Waals surface area contributed by atoms with Crippen molar-refractivity contribution < 1.29 is 13.9 Å². The Morgan fingerprint density at radius 3 is 2.87 bits per heavy atom. The molecule has 3 rings (SSSR count). The molecule has 0 unspecified atom stereocenters. The predicted octanol–water partition coefficient (Wildman–Crippen LogP) is 3.03. The lowest BCUT2D eigenvalue weighted by atomic mass is 10.1. The van der Waals surface area contributed by atoms with E-state index in [4.69, 9.17) is 9.47 Å². The van der Waals surface area contributed by atoms with E-state index in [0.717, 1.165) is 41.0 Å². The number of fused-ring (bicyclic) bond motifs is 1. The standard InChI is InChI=1S/C22H28FN5O2/c1-3-24-22(28-14-16-4-7-21(27-13-16)30-11-10-29-2)25-9-8-17-15-26-20-6-5-18(23)12-19(17)20/h4-7,12-13,15,26H,3,8-11,14H2,1-2H3,(H2,24,25,28). The summed E-state index contributed by atoms with van der Waals surface area (Å²) in [4.78, 5) is 12.1. The summed E-state index contributed by atoms with van der Waals surface area (Å²) < 4.78 is 24.0. The van der Waals surface area contributed by atoms with Crippen molar-refractivity contribution >= 4 is 16.9 Å². The molecule has 0 aliphatic heterocycles. The topological polar surface area (TPSA) is 83.6 Å². The molecule has 2 aromatic heterocycles. The third kappa shape index (κ3) is 6.18. The molecule has 8 heteroatoms. The number of nitrogens with one attached hydrogen (secondary N) is 3. The number of nitrogens with zero attached hydrogens (tertiary/aromatic N) is 2. The van der Waals surface area contributed by atoms with Gasteiger partial charge in [-0.15, -0.1) is 0 Å². The van der Waals surface area contributed by atoms with Crippen LogP contribution in [0.4, 0.5) is 4.39 Å². The number of H-pyrrole nitrogens is 1. The number of aliphatic imine (C=N–C) groups is 1. The normalized spacial score (nSPS) is 11.6. The van der Waals surface area contributed by atoms with Crippen molar-refractivity contribution in [2.24, 2.45) is 4.99 Å². The van der Waals surface area contributed by atoms with Crippen molar-refractivity contribution in [3.05, 3.63) is 59.7 Å². The second kappa shape index (κ2) is 11.2. The van der Waals surface area contributed by atoms with Crippen molar-refractivity contribution in [2.75, 3.05) is 33.4 Å². The van der Waals surface area contributed by atoms with E-state index in [0.29, 0.717) is 32.2 Å². The Morgan fingerprint density at radius 1 is 1.20 bits per heavy atom. The molecule has 3 aromatic rings. The molecule has 0 saturated carbocycles. The number of methoxy groups -OCH3 is 1. The SMILES string of the molecule is CCNC(=NCc1ccc(OCCOC)nc1)NCCc1c[nH]c2ccc(F)cc12. The lowest BCUT2D eigenvalue weighted by Crippen LogP contribution is -2.38. The number of guanidine groups is 1. The maximum Gasteiger partial charge on any atom is 0.213 e. The molecule has 2 heterocycles. The van der Waals surface area contributed by atoms with Gasteiger partial charge in [-0.2, -0.15) is 0 Å². The first-order valence-electron chi connectivity index (χ1n) is 10.0. The fourth-order valence-electron chi connectivity index (χ4n) is 3.00. The van der Waals surface area contributed by atoms with Crippen molar-refractivity contribution in [2.45, 2.75) is 19.9 Å². The number of halogens is 1. The van der Waals surface area contributed by atoms with E-state index in [9.17, 15) is 4.39 Å². The van der Waals surface area contributed by atoms with Gasteiger partial charge in [-0.05, 0) is 42.7 Å². The van der Waals surface area contributed by atoms with E-state index in [1.807, 2.05) is 25.3 Å². The highest BCUT2D eigenvalue weighted by molar-refractivity contribution is 5.83. The zero-order valence-electron chi connectivity index (χ0n) is 17.4. The van der Waals surface area contributed by atoms with Gasteiger partial charge >= 0.3 is 0 Å². The maximum absolute atomic E-state index is 13.5. The van der Waals surface area contributed by atoms with E-state index in [-0.39, 0.29) is 5.82 Å². The molecule has 0 aliphatic carbocycles. The molecule has 0 aliphatic rings. The summed E-state index contributed by atoms with van der Waals surface area (Å²) in [7, 11) is 1.63. The number of aromatic amines is 1. The van der Waals surface area contributed by atoms with Gasteiger partial charge in [0.2, 0.25) is 5.88 Å². The fourth-order valence-corrected chi connectivity index (χ4v) is 3.00. The van der Waals surface area contributed by atoms with Crippen LogP contribution in [0, 0.1) is 5.82 Å². The molecule has 7 nitrogen and oxygen atoms in total. The van der Waals surface area contributed by atoms with Crippen molar-refractivity contribution in [1.82, 2.24) is 20.6 Å². The minimum atomic E-state index is -0.227. The summed E-state index contributed by atoms with van der Waals surface area (Å²) in [5.74, 6) is 1.07. The van der Waals surface area contributed by atoms with E-state index >= 15 is 0 Å². The Labute approximate surface area is 175 Å². The summed E-state index contributed by atoms with van der Waals surface area (Å²) in [6.45, 7) is 4.96. The first-order chi connectivity index (χ1) is 14.7. The Balaban J connectivity index is 1.53. The fraction of sp³-hybridized carbons (Fsp3) is 0.364. The van der Waals surface area contributed by atoms with Crippen LogP contribution in [0.1, 0.15) is 18.1 Å². The van der Waals surface area contributed by atoms with Gasteiger partial charge in [0.25, 0.3) is 0 Å². The zero-order valence-corrected chi connectivity index (χ0v) is 17.4. The maximum atomic E-state index is 13.5. The van der Waals surface area contributed by atoms with Crippen LogP contribution >= 0.6 is 0 Å². The molecule has 0 fully saturated rings. The molecule has 0 amide bonds. The quantitative estimate of drug-likeness (QED) is 0.270. The van der Waals surface area contributed by atoms with Crippen LogP contribution in [0.3, 0.4) is 0 Å². The first-order valence-corrected chi connectivity index (χ1v) is 10.0. The molecule has 0 radical (unpaired) electrons. The first kappa shape index (κ1) is 21.6. The van der Waals surface area contributed by atoms with E-state index < -0.39 is 0 Å². The Bertz CT molecular complexity index is 956. The lowest BCUT2D eigenvalue weighted by molar-refractivity contribution is 0.143. The summed E-state index contributed by atoms with van der Waals surface area (Å²) in [5.41, 5.74) is 2.99. The highest BCUT2D eigenvalue weighted by atomic mass is 19.1. The van der Waals surface area contributed by atoms with Crippen molar-refractivity contribution in [3.63, 3.8) is 0 Å². The zero-order chi connectivity index (χ0) is 21.2. The average molecular weight is 413 g/mol. The van der Waals surface area contributed by atoms with Gasteiger partial charge in [0.1, 0.15) is 12.4 Å². The summed E-state index contributed by atoms with van der Waals surface area (Å²) in [6, 6.07) is 8.56. The summed E-state index contributed by atoms with van der Waals surface area (Å²) >= 11 is 0. The second-order valence-corrected chi connectivity index (χ2v) is 6.72. The van der Waals surface area contributed by atoms with Crippen molar-refractivity contribution in [1.29, 1.82) is 0 Å². The lowest BCUT2D eigenvalue weighted by Gasteiger charge is -2.11. The number of pyridine rings is 1. The molecule has 0 atom stereocenters. The second-order valence-electron chi connectivity index (χ2n) is 6.72. The van der Waals surface area contributed by atoms with Gasteiger partial charge in [0, 0.05) is 49.6 Å². The molecule has 0 saturated heterocycles. The van der Waals surface area contributed by atoms with Gasteiger partial charge in [0.05, 0.1) is 13.2 Å². The highest BCUT2D eigenvalue weighted by Crippen LogP contribution is 2.19. The highest BCUT2D eigenvalue weighted by Gasteiger charge is 2.06. The van der Waals surface area contributed by atoms with Gasteiger partial charge in [-0.3, -0.25) is 0 Å². The molecule has 0 spiro atoms. The number of benzene rings is 1. The number of hydrogen-bond donors (Lipinski definition) is 3. The summed E-state index contributed by atoms with van der Waals surface area (Å²) in [5, 5.41) is 7.48. The number of rotatable bonds is 10. The number of hydrogen-bond acceptors (Lipinski definition) is 4. The molecule has 1 aromatic carbocycles. The van der Waals surface area contributed by atoms with Crippen LogP contribution < -0.4 is 15.4 Å². The molecule has 160 valence electrons. The minimum absolute atomic E-state index is 0.227. The Hall–Kier alpha value is -3.13. The van der Waals surface area contributed by atoms with E-state index in [1.54, 1.807) is 25.4 Å². The molecule has 30 heavy (non-hydrogen) atoms. The van der Waals surface area contributed by atoms with Crippen LogP contribution in [0.25, 0.3) is 10.9 Å². The van der Waals surface area contributed by atoms with Gasteiger partial charge in [0.15, 0.2) is 5.96 Å². The molecular weight excluding hydrogens is 385 g/mol. The van der Waals surface area contributed by atoms with E-state index in [2.05, 4.69) is 25.6 Å². The van der Waals surface area contributed by atoms with Gasteiger partial charge in [-0.25, -0.2) is 14.4 Å². The monoisotopic (exact) mass is 413 g/mol. The Morgan fingerprint density at radius 2 is 2.10 bits per heavy atom. The van der Waals surface area contributed by atoms with Crippen LogP contribution in [-0.2, 0) is 17.7 Å². The van der Waals surface area contributed by atoms with Crippen molar-refractivity contribution in [3.8, 4) is 5.88 Å². The molecule has 3 N–H and O–H groups in total. The minimum Gasteiger partial charge on any atom is -0.475 e. The third-order valence-corrected chi connectivity index (χ3v) is 4.52.